The van der Waals surface area contributed by atoms with E-state index in [0.29, 0.717) is 0 Å². The van der Waals surface area contributed by atoms with Crippen molar-refractivity contribution >= 4 is 5.91 Å². The normalized spacial score (nSPS) is 13.4. The van der Waals surface area contributed by atoms with Crippen molar-refractivity contribution in [1.82, 2.24) is 10.7 Å². The molecule has 19 heavy (non-hydrogen) atoms. The number of carbonyl (C=O) groups is 1. The zero-order valence-corrected chi connectivity index (χ0v) is 10.7. The Balaban J connectivity index is 2.66. The lowest BCUT2D eigenvalue weighted by Crippen LogP contribution is -2.49. The zero-order valence-electron chi connectivity index (χ0n) is 10.7. The third-order valence-corrected chi connectivity index (χ3v) is 2.46. The third kappa shape index (κ3) is 5.82. The fraction of sp³-hybridized carbons (Fsp3) is 0.417. The Morgan fingerprint density at radius 3 is 2.58 bits per heavy atom. The van der Waals surface area contributed by atoms with E-state index in [-0.39, 0.29) is 19.0 Å². The standard InChI is InChI=1S/C12H18N4O3/c1-9(13)8-14-12(17)11(15-16(18)19)7-10-5-3-2-4-6-10/h2-6,9,11,15H,7-8,13H2,1H3,(H,14,17)/t9?,11-/m0/s1. The maximum absolute atomic E-state index is 11.9. The van der Waals surface area contributed by atoms with E-state index in [1.807, 2.05) is 35.8 Å². The second-order valence-electron chi connectivity index (χ2n) is 4.35. The Morgan fingerprint density at radius 2 is 2.05 bits per heavy atom. The number of nitrogens with zero attached hydrogens (tertiary/aromatic N) is 1. The van der Waals surface area contributed by atoms with Gasteiger partial charge >= 0.3 is 0 Å². The monoisotopic (exact) mass is 266 g/mol. The number of carbonyl (C=O) groups excluding carboxylic acids is 1. The van der Waals surface area contributed by atoms with E-state index in [4.69, 9.17) is 5.73 Å². The first-order valence-corrected chi connectivity index (χ1v) is 5.97. The molecule has 2 atom stereocenters. The highest BCUT2D eigenvalue weighted by Crippen LogP contribution is 2.03. The van der Waals surface area contributed by atoms with Crippen molar-refractivity contribution in [3.63, 3.8) is 0 Å². The van der Waals surface area contributed by atoms with E-state index in [1.54, 1.807) is 6.92 Å². The number of benzene rings is 1. The van der Waals surface area contributed by atoms with Gasteiger partial charge in [0, 0.05) is 19.0 Å². The Bertz CT molecular complexity index is 422. The van der Waals surface area contributed by atoms with Crippen molar-refractivity contribution in [2.45, 2.75) is 25.4 Å². The number of nitrogens with one attached hydrogen (secondary N) is 2. The van der Waals surface area contributed by atoms with Gasteiger partial charge in [-0.1, -0.05) is 30.3 Å². The maximum Gasteiger partial charge on any atom is 0.248 e. The molecule has 104 valence electrons. The molecule has 0 fully saturated rings. The fourth-order valence-corrected chi connectivity index (χ4v) is 1.56. The van der Waals surface area contributed by atoms with Gasteiger partial charge in [-0.05, 0) is 12.5 Å². The van der Waals surface area contributed by atoms with Gasteiger partial charge < -0.3 is 11.1 Å². The highest BCUT2D eigenvalue weighted by Gasteiger charge is 2.23. The van der Waals surface area contributed by atoms with Crippen LogP contribution in [0.1, 0.15) is 12.5 Å². The third-order valence-electron chi connectivity index (χ3n) is 2.46. The number of amides is 1. The van der Waals surface area contributed by atoms with Gasteiger partial charge in [0.1, 0.15) is 0 Å². The van der Waals surface area contributed by atoms with E-state index >= 15 is 0 Å². The van der Waals surface area contributed by atoms with Gasteiger partial charge in [-0.25, -0.2) is 10.1 Å². The van der Waals surface area contributed by atoms with Crippen LogP contribution in [0, 0.1) is 10.1 Å². The Labute approximate surface area is 111 Å². The molecule has 1 aromatic rings. The van der Waals surface area contributed by atoms with Crippen LogP contribution in [0.4, 0.5) is 0 Å². The Morgan fingerprint density at radius 1 is 1.42 bits per heavy atom. The minimum Gasteiger partial charge on any atom is -0.353 e. The van der Waals surface area contributed by atoms with Crippen molar-refractivity contribution in [3.8, 4) is 0 Å². The summed E-state index contributed by atoms with van der Waals surface area (Å²) in [5.41, 5.74) is 8.39. The first kappa shape index (κ1) is 14.9. The molecule has 0 saturated carbocycles. The van der Waals surface area contributed by atoms with Crippen molar-refractivity contribution in [3.05, 3.63) is 46.0 Å². The van der Waals surface area contributed by atoms with Gasteiger partial charge in [0.2, 0.25) is 5.91 Å². The van der Waals surface area contributed by atoms with Crippen LogP contribution in [0.3, 0.4) is 0 Å². The highest BCUT2D eigenvalue weighted by molar-refractivity contribution is 5.81. The largest absolute Gasteiger partial charge is 0.353 e. The van der Waals surface area contributed by atoms with E-state index in [2.05, 4.69) is 5.32 Å². The van der Waals surface area contributed by atoms with Crippen LogP contribution in [0.2, 0.25) is 0 Å². The first-order valence-electron chi connectivity index (χ1n) is 5.97. The number of hydrogen-bond acceptors (Lipinski definition) is 4. The molecule has 1 rings (SSSR count). The minimum atomic E-state index is -0.920. The van der Waals surface area contributed by atoms with Crippen molar-refractivity contribution < 1.29 is 9.83 Å². The highest BCUT2D eigenvalue weighted by atomic mass is 16.7. The Hall–Kier alpha value is -2.15. The zero-order chi connectivity index (χ0) is 14.3. The molecule has 0 aliphatic rings. The Kier molecular flexibility index (Phi) is 5.74. The van der Waals surface area contributed by atoms with Crippen LogP contribution in [-0.2, 0) is 11.2 Å². The summed E-state index contributed by atoms with van der Waals surface area (Å²) in [6, 6.07) is 7.99. The van der Waals surface area contributed by atoms with Crippen LogP contribution in [-0.4, -0.2) is 29.6 Å². The summed E-state index contributed by atoms with van der Waals surface area (Å²) in [6.45, 7) is 2.02. The van der Waals surface area contributed by atoms with E-state index < -0.39 is 17.0 Å². The van der Waals surface area contributed by atoms with Crippen LogP contribution in [0.15, 0.2) is 30.3 Å². The predicted octanol–water partition coefficient (Wildman–Crippen LogP) is -0.158. The van der Waals surface area contributed by atoms with Crippen LogP contribution in [0.25, 0.3) is 0 Å². The lowest BCUT2D eigenvalue weighted by atomic mass is 10.1. The predicted molar refractivity (Wildman–Crippen MR) is 70.7 cm³/mol. The molecular weight excluding hydrogens is 248 g/mol. The molecule has 7 nitrogen and oxygen atoms in total. The molecule has 1 aromatic carbocycles. The number of hydrazine groups is 1. The van der Waals surface area contributed by atoms with Gasteiger partial charge in [-0.3, -0.25) is 4.79 Å². The molecule has 0 spiro atoms. The number of nitrogens with two attached hydrogens (primary N) is 1. The topological polar surface area (TPSA) is 110 Å². The molecule has 1 unspecified atom stereocenters. The van der Waals surface area contributed by atoms with Gasteiger partial charge in [0.15, 0.2) is 11.1 Å². The number of rotatable bonds is 7. The maximum atomic E-state index is 11.9. The van der Waals surface area contributed by atoms with Gasteiger partial charge in [-0.15, -0.1) is 5.43 Å². The van der Waals surface area contributed by atoms with Crippen molar-refractivity contribution in [1.29, 1.82) is 0 Å². The van der Waals surface area contributed by atoms with E-state index in [9.17, 15) is 14.9 Å². The van der Waals surface area contributed by atoms with Crippen molar-refractivity contribution in [2.24, 2.45) is 5.73 Å². The van der Waals surface area contributed by atoms with Gasteiger partial charge in [0.25, 0.3) is 0 Å². The average molecular weight is 266 g/mol. The molecule has 1 amide bonds. The molecular formula is C12H18N4O3. The summed E-state index contributed by atoms with van der Waals surface area (Å²) in [7, 11) is 0. The van der Waals surface area contributed by atoms with Gasteiger partial charge in [0.05, 0.1) is 0 Å². The van der Waals surface area contributed by atoms with Crippen LogP contribution in [0.5, 0.6) is 0 Å². The fourth-order valence-electron chi connectivity index (χ4n) is 1.56. The molecule has 0 aromatic heterocycles. The average Bonchev–Trinajstić information content (AvgIpc) is 2.36. The lowest BCUT2D eigenvalue weighted by molar-refractivity contribution is -0.548. The molecule has 4 N–H and O–H groups in total. The van der Waals surface area contributed by atoms with Gasteiger partial charge in [-0.2, -0.15) is 0 Å². The number of hydrogen-bond donors (Lipinski definition) is 3. The quantitative estimate of drug-likeness (QED) is 0.469. The van der Waals surface area contributed by atoms with Crippen LogP contribution < -0.4 is 16.5 Å². The summed E-state index contributed by atoms with van der Waals surface area (Å²) in [6.07, 6.45) is 0.243. The second-order valence-corrected chi connectivity index (χ2v) is 4.35. The molecule has 0 bridgehead atoms. The summed E-state index contributed by atoms with van der Waals surface area (Å²) in [5, 5.41) is 12.4. The summed E-state index contributed by atoms with van der Waals surface area (Å²) >= 11 is 0. The van der Waals surface area contributed by atoms with Crippen LogP contribution >= 0.6 is 0 Å². The smallest absolute Gasteiger partial charge is 0.248 e. The summed E-state index contributed by atoms with van der Waals surface area (Å²) < 4.78 is 0. The molecule has 0 aliphatic carbocycles. The molecule has 0 saturated heterocycles. The lowest BCUT2D eigenvalue weighted by Gasteiger charge is -2.15. The SMILES string of the molecule is CC(N)CNC(=O)[C@H](Cc1ccccc1)N[N+](=O)[O-]. The summed E-state index contributed by atoms with van der Waals surface area (Å²) in [5.74, 6) is -0.433. The second kappa shape index (κ2) is 7.32. The minimum absolute atomic E-state index is 0.197. The molecule has 0 heterocycles. The molecule has 0 aliphatic heterocycles. The molecule has 0 radical (unpaired) electrons. The van der Waals surface area contributed by atoms with E-state index in [0.717, 1.165) is 5.56 Å². The molecule has 7 heteroatoms. The first-order chi connectivity index (χ1) is 8.99. The number of nitro groups is 1. The summed E-state index contributed by atoms with van der Waals surface area (Å²) in [4.78, 5) is 22.4. The van der Waals surface area contributed by atoms with Crippen molar-refractivity contribution in [2.75, 3.05) is 6.54 Å². The van der Waals surface area contributed by atoms with E-state index in [1.165, 1.54) is 0 Å².